The fourth-order valence-electron chi connectivity index (χ4n) is 2.04. The summed E-state index contributed by atoms with van der Waals surface area (Å²) in [6.07, 6.45) is -10.3. The Labute approximate surface area is 144 Å². The zero-order chi connectivity index (χ0) is 18.1. The molecule has 0 saturated carbocycles. The SMILES string of the molecule is NC1NC(NC(=O)Nc2ccc(Cl)c(Cl)c2)NC(C(F)(F)F)C1F. The Balaban J connectivity index is 1.99. The summed E-state index contributed by atoms with van der Waals surface area (Å²) in [6.45, 7) is 0. The number of halogens is 6. The van der Waals surface area contributed by atoms with E-state index in [0.717, 1.165) is 0 Å². The summed E-state index contributed by atoms with van der Waals surface area (Å²) in [6, 6.07) is 0.859. The molecule has 134 valence electrons. The minimum absolute atomic E-state index is 0.183. The van der Waals surface area contributed by atoms with Gasteiger partial charge in [0.05, 0.1) is 16.2 Å². The maximum Gasteiger partial charge on any atom is 0.406 e. The van der Waals surface area contributed by atoms with Crippen molar-refractivity contribution in [1.29, 1.82) is 0 Å². The Morgan fingerprint density at radius 3 is 2.46 bits per heavy atom. The number of urea groups is 1. The molecule has 2 amide bonds. The van der Waals surface area contributed by atoms with E-state index in [2.05, 4.69) is 16.0 Å². The zero-order valence-electron chi connectivity index (χ0n) is 11.8. The molecule has 0 aliphatic carbocycles. The largest absolute Gasteiger partial charge is 0.406 e. The third-order valence-electron chi connectivity index (χ3n) is 3.17. The molecular formula is C12H13Cl2F4N5O. The number of alkyl halides is 4. The van der Waals surface area contributed by atoms with Crippen LogP contribution < -0.4 is 27.0 Å². The molecule has 0 spiro atoms. The Bertz CT molecular complexity index is 618. The molecule has 4 atom stereocenters. The van der Waals surface area contributed by atoms with Crippen molar-refractivity contribution in [2.45, 2.75) is 30.8 Å². The van der Waals surface area contributed by atoms with Gasteiger partial charge in [-0.2, -0.15) is 13.2 Å². The number of amides is 2. The van der Waals surface area contributed by atoms with E-state index in [9.17, 15) is 22.4 Å². The standard InChI is InChI=1S/C12H13Cl2F4N5O/c13-5-2-1-4(3-6(5)14)20-11(24)23-10-21-8(12(16,17)18)7(15)9(19)22-10/h1-3,7-10,21-22H,19H2,(H2,20,23,24). The van der Waals surface area contributed by atoms with Gasteiger partial charge in [-0.25, -0.2) is 9.18 Å². The molecule has 1 aromatic rings. The number of benzene rings is 1. The summed E-state index contributed by atoms with van der Waals surface area (Å²) in [5, 5.41) is 9.14. The van der Waals surface area contributed by atoms with Crippen LogP contribution >= 0.6 is 23.2 Å². The maximum absolute atomic E-state index is 13.6. The predicted molar refractivity (Wildman–Crippen MR) is 81.4 cm³/mol. The molecule has 1 heterocycles. The number of nitrogens with two attached hydrogens (primary N) is 1. The monoisotopic (exact) mass is 389 g/mol. The first-order chi connectivity index (χ1) is 11.1. The molecule has 4 unspecified atom stereocenters. The molecule has 6 N–H and O–H groups in total. The fraction of sp³-hybridized carbons (Fsp3) is 0.417. The number of carbonyl (C=O) groups is 1. The molecule has 2 rings (SSSR count). The second-order valence-corrected chi connectivity index (χ2v) is 5.80. The van der Waals surface area contributed by atoms with E-state index in [1.807, 2.05) is 5.32 Å². The van der Waals surface area contributed by atoms with Gasteiger partial charge in [-0.05, 0) is 18.2 Å². The third kappa shape index (κ3) is 4.61. The lowest BCUT2D eigenvalue weighted by atomic mass is 10.1. The van der Waals surface area contributed by atoms with Crippen molar-refractivity contribution in [3.05, 3.63) is 28.2 Å². The van der Waals surface area contributed by atoms with Gasteiger partial charge in [0.2, 0.25) is 0 Å². The lowest BCUT2D eigenvalue weighted by Crippen LogP contribution is -2.74. The van der Waals surface area contributed by atoms with Crippen LogP contribution in [-0.2, 0) is 0 Å². The normalized spacial score (nSPS) is 27.6. The van der Waals surface area contributed by atoms with Gasteiger partial charge in [-0.1, -0.05) is 23.2 Å². The molecule has 1 aliphatic heterocycles. The molecule has 0 bridgehead atoms. The van der Waals surface area contributed by atoms with Crippen molar-refractivity contribution >= 4 is 34.9 Å². The lowest BCUT2D eigenvalue weighted by molar-refractivity contribution is -0.182. The average molecular weight is 390 g/mol. The highest BCUT2D eigenvalue weighted by atomic mass is 35.5. The van der Waals surface area contributed by atoms with E-state index in [1.165, 1.54) is 18.2 Å². The van der Waals surface area contributed by atoms with Crippen LogP contribution in [0.1, 0.15) is 0 Å². The van der Waals surface area contributed by atoms with Crippen LogP contribution in [0, 0.1) is 0 Å². The molecule has 1 saturated heterocycles. The Morgan fingerprint density at radius 2 is 1.88 bits per heavy atom. The number of carbonyl (C=O) groups excluding carboxylic acids is 1. The quantitative estimate of drug-likeness (QED) is 0.501. The van der Waals surface area contributed by atoms with Crippen LogP contribution in [-0.4, -0.2) is 36.9 Å². The van der Waals surface area contributed by atoms with Gasteiger partial charge in [0.15, 0.2) is 6.17 Å². The Morgan fingerprint density at radius 1 is 1.21 bits per heavy atom. The van der Waals surface area contributed by atoms with Gasteiger partial charge in [0.1, 0.15) is 12.3 Å². The van der Waals surface area contributed by atoms with Crippen molar-refractivity contribution in [3.8, 4) is 0 Å². The fourth-order valence-corrected chi connectivity index (χ4v) is 2.34. The first-order valence-electron chi connectivity index (χ1n) is 6.59. The van der Waals surface area contributed by atoms with E-state index in [1.54, 1.807) is 0 Å². The van der Waals surface area contributed by atoms with Gasteiger partial charge >= 0.3 is 12.2 Å². The van der Waals surface area contributed by atoms with Crippen LogP contribution in [0.25, 0.3) is 0 Å². The number of hydrogen-bond acceptors (Lipinski definition) is 4. The molecule has 1 aromatic carbocycles. The molecule has 0 aromatic heterocycles. The summed E-state index contributed by atoms with van der Waals surface area (Å²) in [5.41, 5.74) is 5.55. The lowest BCUT2D eigenvalue weighted by Gasteiger charge is -2.39. The van der Waals surface area contributed by atoms with Crippen LogP contribution in [0.4, 0.5) is 28.0 Å². The Hall–Kier alpha value is -1.33. The molecule has 0 radical (unpaired) electrons. The van der Waals surface area contributed by atoms with Crippen LogP contribution in [0.2, 0.25) is 10.0 Å². The van der Waals surface area contributed by atoms with Crippen LogP contribution in [0.3, 0.4) is 0 Å². The number of anilines is 1. The number of hydrogen-bond donors (Lipinski definition) is 5. The third-order valence-corrected chi connectivity index (χ3v) is 3.91. The molecule has 6 nitrogen and oxygen atoms in total. The van der Waals surface area contributed by atoms with Gasteiger partial charge in [0.25, 0.3) is 0 Å². The number of nitrogens with one attached hydrogen (secondary N) is 4. The minimum atomic E-state index is -4.86. The van der Waals surface area contributed by atoms with Crippen molar-refractivity contribution in [2.24, 2.45) is 5.73 Å². The molecular weight excluding hydrogens is 377 g/mol. The van der Waals surface area contributed by atoms with Crippen LogP contribution in [0.5, 0.6) is 0 Å². The molecule has 1 fully saturated rings. The topological polar surface area (TPSA) is 91.2 Å². The van der Waals surface area contributed by atoms with E-state index in [0.29, 0.717) is 0 Å². The van der Waals surface area contributed by atoms with E-state index < -0.39 is 36.9 Å². The van der Waals surface area contributed by atoms with Gasteiger partial charge < -0.3 is 16.4 Å². The molecule has 1 aliphatic rings. The highest BCUT2D eigenvalue weighted by Gasteiger charge is 2.51. The van der Waals surface area contributed by atoms with Crippen molar-refractivity contribution in [2.75, 3.05) is 5.32 Å². The molecule has 12 heteroatoms. The van der Waals surface area contributed by atoms with E-state index in [-0.39, 0.29) is 15.7 Å². The Kier molecular flexibility index (Phi) is 5.76. The first-order valence-corrected chi connectivity index (χ1v) is 7.34. The molecule has 24 heavy (non-hydrogen) atoms. The second-order valence-electron chi connectivity index (χ2n) is 4.98. The summed E-state index contributed by atoms with van der Waals surface area (Å²) in [7, 11) is 0. The smallest absolute Gasteiger partial charge is 0.313 e. The predicted octanol–water partition coefficient (Wildman–Crippen LogP) is 2.15. The van der Waals surface area contributed by atoms with Crippen LogP contribution in [0.15, 0.2) is 18.2 Å². The van der Waals surface area contributed by atoms with E-state index >= 15 is 0 Å². The van der Waals surface area contributed by atoms with E-state index in [4.69, 9.17) is 28.9 Å². The summed E-state index contributed by atoms with van der Waals surface area (Å²) in [5.74, 6) is 0. The highest BCUT2D eigenvalue weighted by molar-refractivity contribution is 6.42. The highest BCUT2D eigenvalue weighted by Crippen LogP contribution is 2.27. The summed E-state index contributed by atoms with van der Waals surface area (Å²) >= 11 is 11.5. The zero-order valence-corrected chi connectivity index (χ0v) is 13.3. The van der Waals surface area contributed by atoms with Gasteiger partial charge in [0, 0.05) is 5.69 Å². The number of rotatable bonds is 2. The van der Waals surface area contributed by atoms with Crippen molar-refractivity contribution < 1.29 is 22.4 Å². The van der Waals surface area contributed by atoms with Crippen molar-refractivity contribution in [1.82, 2.24) is 16.0 Å². The summed E-state index contributed by atoms with van der Waals surface area (Å²) < 4.78 is 51.8. The second kappa shape index (κ2) is 7.28. The first kappa shape index (κ1) is 19.0. The van der Waals surface area contributed by atoms with Gasteiger partial charge in [-0.3, -0.25) is 10.6 Å². The average Bonchev–Trinajstić information content (AvgIpc) is 2.45. The maximum atomic E-state index is 13.6. The van der Waals surface area contributed by atoms with Gasteiger partial charge in [-0.15, -0.1) is 0 Å². The summed E-state index contributed by atoms with van der Waals surface area (Å²) in [4.78, 5) is 11.8. The van der Waals surface area contributed by atoms with Crippen molar-refractivity contribution in [3.63, 3.8) is 0 Å². The minimum Gasteiger partial charge on any atom is -0.313 e.